The number of halogens is 2. The number of thiophene rings is 1. The van der Waals surface area contributed by atoms with E-state index in [1.807, 2.05) is 0 Å². The van der Waals surface area contributed by atoms with Gasteiger partial charge >= 0.3 is 0 Å². The Bertz CT molecular complexity index is 300. The zero-order valence-corrected chi connectivity index (χ0v) is 8.11. The topological polar surface area (TPSA) is 55.1 Å². The van der Waals surface area contributed by atoms with Crippen molar-refractivity contribution >= 4 is 17.2 Å². The van der Waals surface area contributed by atoms with Crippen LogP contribution in [-0.4, -0.2) is 24.9 Å². The van der Waals surface area contributed by atoms with Crippen LogP contribution < -0.4 is 11.1 Å². The highest BCUT2D eigenvalue weighted by molar-refractivity contribution is 7.12. The van der Waals surface area contributed by atoms with Crippen LogP contribution in [0.3, 0.4) is 0 Å². The molecule has 0 fully saturated rings. The van der Waals surface area contributed by atoms with Crippen molar-refractivity contribution in [3.63, 3.8) is 0 Å². The third-order valence-corrected chi connectivity index (χ3v) is 2.42. The highest BCUT2D eigenvalue weighted by Gasteiger charge is 2.27. The number of hydrogen-bond acceptors (Lipinski definition) is 3. The van der Waals surface area contributed by atoms with Gasteiger partial charge < -0.3 is 11.1 Å². The van der Waals surface area contributed by atoms with Crippen LogP contribution >= 0.6 is 11.3 Å². The second-order valence-electron chi connectivity index (χ2n) is 2.72. The van der Waals surface area contributed by atoms with Gasteiger partial charge in [-0.25, -0.2) is 8.78 Å². The van der Waals surface area contributed by atoms with Crippen LogP contribution in [0.1, 0.15) is 9.67 Å². The van der Waals surface area contributed by atoms with Gasteiger partial charge in [-0.3, -0.25) is 4.79 Å². The molecule has 1 aromatic rings. The van der Waals surface area contributed by atoms with E-state index in [1.165, 1.54) is 11.3 Å². The molecule has 1 heterocycles. The van der Waals surface area contributed by atoms with Crippen molar-refractivity contribution in [2.45, 2.75) is 5.92 Å². The lowest BCUT2D eigenvalue weighted by molar-refractivity contribution is 0.0119. The van der Waals surface area contributed by atoms with Crippen LogP contribution in [0.2, 0.25) is 0 Å². The summed E-state index contributed by atoms with van der Waals surface area (Å²) in [6.07, 6.45) is 0. The van der Waals surface area contributed by atoms with Gasteiger partial charge in [-0.1, -0.05) is 6.07 Å². The molecule has 3 nitrogen and oxygen atoms in total. The fourth-order valence-corrected chi connectivity index (χ4v) is 1.42. The number of rotatable bonds is 4. The Morgan fingerprint density at radius 3 is 2.86 bits per heavy atom. The summed E-state index contributed by atoms with van der Waals surface area (Å²) in [5.41, 5.74) is 4.81. The van der Waals surface area contributed by atoms with E-state index in [0.29, 0.717) is 4.88 Å². The first-order valence-electron chi connectivity index (χ1n) is 3.95. The molecule has 0 atom stereocenters. The standard InChI is InChI=1S/C8H10F2N2OS/c9-8(10,4-11)5-12-7(13)6-2-1-3-14-6/h1-3H,4-5,11H2,(H,12,13). The SMILES string of the molecule is NCC(F)(F)CNC(=O)c1cccs1. The molecule has 0 aromatic carbocycles. The van der Waals surface area contributed by atoms with Crippen LogP contribution in [-0.2, 0) is 0 Å². The van der Waals surface area contributed by atoms with Gasteiger partial charge in [0.2, 0.25) is 0 Å². The fourth-order valence-electron chi connectivity index (χ4n) is 0.777. The molecule has 0 aliphatic carbocycles. The average molecular weight is 220 g/mol. The Morgan fingerprint density at radius 2 is 2.36 bits per heavy atom. The summed E-state index contributed by atoms with van der Waals surface area (Å²) in [4.78, 5) is 11.6. The van der Waals surface area contributed by atoms with E-state index in [9.17, 15) is 13.6 Å². The molecule has 0 spiro atoms. The summed E-state index contributed by atoms with van der Waals surface area (Å²) in [5.74, 6) is -3.53. The summed E-state index contributed by atoms with van der Waals surface area (Å²) < 4.78 is 25.2. The Morgan fingerprint density at radius 1 is 1.64 bits per heavy atom. The maximum atomic E-state index is 12.6. The third-order valence-electron chi connectivity index (χ3n) is 1.55. The highest BCUT2D eigenvalue weighted by atomic mass is 32.1. The summed E-state index contributed by atoms with van der Waals surface area (Å²) in [6.45, 7) is -1.49. The first-order valence-corrected chi connectivity index (χ1v) is 4.83. The summed E-state index contributed by atoms with van der Waals surface area (Å²) >= 11 is 1.20. The lowest BCUT2D eigenvalue weighted by Gasteiger charge is -2.13. The molecule has 78 valence electrons. The van der Waals surface area contributed by atoms with E-state index in [2.05, 4.69) is 5.32 Å². The molecular weight excluding hydrogens is 210 g/mol. The van der Waals surface area contributed by atoms with Crippen molar-refractivity contribution in [2.24, 2.45) is 5.73 Å². The molecule has 0 unspecified atom stereocenters. The van der Waals surface area contributed by atoms with Gasteiger partial charge in [0.25, 0.3) is 11.8 Å². The molecule has 0 aliphatic rings. The lowest BCUT2D eigenvalue weighted by atomic mass is 10.3. The van der Waals surface area contributed by atoms with Gasteiger partial charge in [0.15, 0.2) is 0 Å². The van der Waals surface area contributed by atoms with Crippen LogP contribution in [0.5, 0.6) is 0 Å². The number of carbonyl (C=O) groups is 1. The Balaban J connectivity index is 2.43. The van der Waals surface area contributed by atoms with E-state index in [4.69, 9.17) is 5.73 Å². The molecule has 0 saturated carbocycles. The number of amides is 1. The van der Waals surface area contributed by atoms with E-state index in [1.54, 1.807) is 17.5 Å². The minimum Gasteiger partial charge on any atom is -0.345 e. The molecular formula is C8H10F2N2OS. The smallest absolute Gasteiger partial charge is 0.277 e. The van der Waals surface area contributed by atoms with Gasteiger partial charge in [-0.15, -0.1) is 11.3 Å². The van der Waals surface area contributed by atoms with Gasteiger partial charge in [-0.2, -0.15) is 0 Å². The van der Waals surface area contributed by atoms with Crippen molar-refractivity contribution in [1.82, 2.24) is 5.32 Å². The predicted molar refractivity (Wildman–Crippen MR) is 50.7 cm³/mol. The normalized spacial score (nSPS) is 11.4. The lowest BCUT2D eigenvalue weighted by Crippen LogP contribution is -2.41. The molecule has 1 amide bonds. The van der Waals surface area contributed by atoms with Crippen molar-refractivity contribution in [3.8, 4) is 0 Å². The molecule has 14 heavy (non-hydrogen) atoms. The molecule has 0 saturated heterocycles. The van der Waals surface area contributed by atoms with Crippen molar-refractivity contribution < 1.29 is 13.6 Å². The zero-order valence-electron chi connectivity index (χ0n) is 7.30. The van der Waals surface area contributed by atoms with Crippen LogP contribution in [0.25, 0.3) is 0 Å². The first kappa shape index (κ1) is 11.1. The summed E-state index contributed by atoms with van der Waals surface area (Å²) in [7, 11) is 0. The molecule has 6 heteroatoms. The molecule has 0 bridgehead atoms. The Hall–Kier alpha value is -1.01. The van der Waals surface area contributed by atoms with Crippen LogP contribution in [0.4, 0.5) is 8.78 Å². The van der Waals surface area contributed by atoms with E-state index >= 15 is 0 Å². The molecule has 1 rings (SSSR count). The van der Waals surface area contributed by atoms with Gasteiger partial charge in [0.05, 0.1) is 18.0 Å². The number of nitrogens with one attached hydrogen (secondary N) is 1. The quantitative estimate of drug-likeness (QED) is 0.797. The maximum absolute atomic E-state index is 12.6. The van der Waals surface area contributed by atoms with Crippen molar-refractivity contribution in [2.75, 3.05) is 13.1 Å². The van der Waals surface area contributed by atoms with E-state index < -0.39 is 24.9 Å². The second-order valence-corrected chi connectivity index (χ2v) is 3.67. The van der Waals surface area contributed by atoms with Crippen LogP contribution in [0, 0.1) is 0 Å². The first-order chi connectivity index (χ1) is 6.55. The predicted octanol–water partition coefficient (Wildman–Crippen LogP) is 1.07. The second kappa shape index (κ2) is 4.47. The van der Waals surface area contributed by atoms with E-state index in [0.717, 1.165) is 0 Å². The highest BCUT2D eigenvalue weighted by Crippen LogP contribution is 2.11. The maximum Gasteiger partial charge on any atom is 0.277 e. The molecule has 0 radical (unpaired) electrons. The third kappa shape index (κ3) is 3.04. The minimum absolute atomic E-state index is 0.415. The fraction of sp³-hybridized carbons (Fsp3) is 0.375. The molecule has 0 aliphatic heterocycles. The largest absolute Gasteiger partial charge is 0.345 e. The van der Waals surface area contributed by atoms with Crippen molar-refractivity contribution in [1.29, 1.82) is 0 Å². The van der Waals surface area contributed by atoms with Crippen LogP contribution in [0.15, 0.2) is 17.5 Å². The number of alkyl halides is 2. The van der Waals surface area contributed by atoms with Gasteiger partial charge in [0, 0.05) is 0 Å². The summed E-state index contributed by atoms with van der Waals surface area (Å²) in [6, 6.07) is 3.25. The minimum atomic E-state index is -3.03. The zero-order chi connectivity index (χ0) is 10.6. The van der Waals surface area contributed by atoms with Crippen molar-refractivity contribution in [3.05, 3.63) is 22.4 Å². The average Bonchev–Trinajstić information content (AvgIpc) is 2.67. The summed E-state index contributed by atoms with van der Waals surface area (Å²) in [5, 5.41) is 3.82. The Labute approximate surface area is 83.9 Å². The van der Waals surface area contributed by atoms with E-state index in [-0.39, 0.29) is 0 Å². The number of carbonyl (C=O) groups excluding carboxylic acids is 1. The van der Waals surface area contributed by atoms with Gasteiger partial charge in [0.1, 0.15) is 0 Å². The Kier molecular flexibility index (Phi) is 3.54. The number of hydrogen-bond donors (Lipinski definition) is 2. The monoisotopic (exact) mass is 220 g/mol. The number of nitrogens with two attached hydrogens (primary N) is 1. The van der Waals surface area contributed by atoms with Gasteiger partial charge in [-0.05, 0) is 11.4 Å². The molecule has 1 aromatic heterocycles. The molecule has 3 N–H and O–H groups in total.